The van der Waals surface area contributed by atoms with Crippen LogP contribution in [0.1, 0.15) is 24.1 Å². The largest absolute Gasteiger partial charge is 0.355 e. The summed E-state index contributed by atoms with van der Waals surface area (Å²) in [5.41, 5.74) is 2.20. The summed E-state index contributed by atoms with van der Waals surface area (Å²) in [6.07, 6.45) is 4.53. The number of aromatic nitrogens is 2. The molecule has 1 saturated heterocycles. The molecule has 5 nitrogen and oxygen atoms in total. The maximum atomic E-state index is 12.0. The van der Waals surface area contributed by atoms with Crippen molar-refractivity contribution in [2.24, 2.45) is 13.0 Å². The summed E-state index contributed by atoms with van der Waals surface area (Å²) in [6, 6.07) is 12.5. The summed E-state index contributed by atoms with van der Waals surface area (Å²) >= 11 is 0. The number of rotatable bonds is 6. The maximum absolute atomic E-state index is 12.0. The van der Waals surface area contributed by atoms with E-state index in [1.165, 1.54) is 5.56 Å². The molecule has 2 aromatic rings. The second kappa shape index (κ2) is 8.11. The van der Waals surface area contributed by atoms with Gasteiger partial charge in [-0.25, -0.2) is 0 Å². The molecule has 24 heavy (non-hydrogen) atoms. The van der Waals surface area contributed by atoms with E-state index in [9.17, 15) is 4.79 Å². The number of piperidine rings is 1. The minimum Gasteiger partial charge on any atom is -0.355 e. The minimum absolute atomic E-state index is 0.0698. The van der Waals surface area contributed by atoms with Crippen molar-refractivity contribution in [1.29, 1.82) is 0 Å². The highest BCUT2D eigenvalue weighted by Crippen LogP contribution is 2.18. The predicted octanol–water partition coefficient (Wildman–Crippen LogP) is 1.99. The van der Waals surface area contributed by atoms with Gasteiger partial charge in [0.1, 0.15) is 0 Å². The fourth-order valence-corrected chi connectivity index (χ4v) is 3.23. The van der Waals surface area contributed by atoms with Crippen molar-refractivity contribution >= 4 is 5.91 Å². The zero-order valence-corrected chi connectivity index (χ0v) is 14.3. The second-order valence-corrected chi connectivity index (χ2v) is 6.67. The van der Waals surface area contributed by atoms with Crippen molar-refractivity contribution in [3.05, 3.63) is 53.9 Å². The van der Waals surface area contributed by atoms with Gasteiger partial charge in [0.05, 0.1) is 12.1 Å². The number of aryl methyl sites for hydroxylation is 1. The van der Waals surface area contributed by atoms with Gasteiger partial charge in [0.15, 0.2) is 0 Å². The Balaban J connectivity index is 1.35. The molecule has 1 aromatic carbocycles. The normalized spacial score (nSPS) is 16.2. The first kappa shape index (κ1) is 16.7. The number of hydrogen-bond acceptors (Lipinski definition) is 3. The van der Waals surface area contributed by atoms with E-state index in [1.807, 2.05) is 19.3 Å². The summed E-state index contributed by atoms with van der Waals surface area (Å²) in [5.74, 6) is 0.658. The van der Waals surface area contributed by atoms with Crippen LogP contribution in [-0.2, 0) is 24.8 Å². The Bertz CT molecular complexity index is 644. The predicted molar refractivity (Wildman–Crippen MR) is 94.4 cm³/mol. The quantitative estimate of drug-likeness (QED) is 0.883. The topological polar surface area (TPSA) is 50.2 Å². The smallest absolute Gasteiger partial charge is 0.226 e. The number of nitrogens with zero attached hydrogens (tertiary/aromatic N) is 3. The molecule has 1 N–H and O–H groups in total. The Morgan fingerprint density at radius 3 is 2.62 bits per heavy atom. The highest BCUT2D eigenvalue weighted by atomic mass is 16.1. The Morgan fingerprint density at radius 1 is 1.21 bits per heavy atom. The lowest BCUT2D eigenvalue weighted by atomic mass is 9.96. The van der Waals surface area contributed by atoms with Gasteiger partial charge >= 0.3 is 0 Å². The van der Waals surface area contributed by atoms with Crippen LogP contribution in [0.5, 0.6) is 0 Å². The zero-order chi connectivity index (χ0) is 16.8. The van der Waals surface area contributed by atoms with Crippen LogP contribution < -0.4 is 5.32 Å². The standard InChI is InChI=1S/C19H26N4O/c1-22-10-9-18(21-22)13-19(24)20-14-16-7-11-23(12-8-16)15-17-5-3-2-4-6-17/h2-6,9-10,16H,7-8,11-15H2,1H3,(H,20,24). The molecule has 1 aromatic heterocycles. The maximum Gasteiger partial charge on any atom is 0.226 e. The van der Waals surface area contributed by atoms with Crippen LogP contribution in [0.3, 0.4) is 0 Å². The number of likely N-dealkylation sites (tertiary alicyclic amines) is 1. The van der Waals surface area contributed by atoms with Gasteiger partial charge in [0, 0.05) is 26.3 Å². The van der Waals surface area contributed by atoms with Crippen LogP contribution in [0.15, 0.2) is 42.6 Å². The molecular formula is C19H26N4O. The Kier molecular flexibility index (Phi) is 5.64. The van der Waals surface area contributed by atoms with Crippen molar-refractivity contribution in [3.8, 4) is 0 Å². The first-order valence-corrected chi connectivity index (χ1v) is 8.70. The molecule has 2 heterocycles. The third-order valence-electron chi connectivity index (χ3n) is 4.65. The summed E-state index contributed by atoms with van der Waals surface area (Å²) < 4.78 is 1.73. The molecule has 0 aliphatic carbocycles. The van der Waals surface area contributed by atoms with Gasteiger partial charge in [0.25, 0.3) is 0 Å². The second-order valence-electron chi connectivity index (χ2n) is 6.67. The number of hydrogen-bond donors (Lipinski definition) is 1. The molecule has 3 rings (SSSR count). The highest BCUT2D eigenvalue weighted by Gasteiger charge is 2.19. The van der Waals surface area contributed by atoms with Crippen molar-refractivity contribution < 1.29 is 4.79 Å². The number of nitrogens with one attached hydrogen (secondary N) is 1. The molecule has 1 amide bonds. The zero-order valence-electron chi connectivity index (χ0n) is 14.3. The summed E-state index contributed by atoms with van der Waals surface area (Å²) in [5, 5.41) is 7.31. The molecule has 1 fully saturated rings. The number of benzene rings is 1. The fraction of sp³-hybridized carbons (Fsp3) is 0.474. The third-order valence-corrected chi connectivity index (χ3v) is 4.65. The number of amides is 1. The lowest BCUT2D eigenvalue weighted by Crippen LogP contribution is -2.38. The van der Waals surface area contributed by atoms with Gasteiger partial charge in [-0.2, -0.15) is 5.10 Å². The summed E-state index contributed by atoms with van der Waals surface area (Å²) in [4.78, 5) is 14.5. The fourth-order valence-electron chi connectivity index (χ4n) is 3.23. The molecule has 0 atom stereocenters. The van der Waals surface area contributed by atoms with E-state index in [2.05, 4.69) is 45.6 Å². The van der Waals surface area contributed by atoms with E-state index >= 15 is 0 Å². The molecule has 0 bridgehead atoms. The molecule has 1 aliphatic rings. The molecule has 0 unspecified atom stereocenters. The van der Waals surface area contributed by atoms with Gasteiger partial charge in [-0.15, -0.1) is 0 Å². The minimum atomic E-state index is 0.0698. The van der Waals surface area contributed by atoms with Gasteiger partial charge in [-0.1, -0.05) is 30.3 Å². The van der Waals surface area contributed by atoms with Gasteiger partial charge < -0.3 is 5.32 Å². The molecule has 1 aliphatic heterocycles. The van der Waals surface area contributed by atoms with E-state index in [4.69, 9.17) is 0 Å². The highest BCUT2D eigenvalue weighted by molar-refractivity contribution is 5.78. The Morgan fingerprint density at radius 2 is 1.96 bits per heavy atom. The first-order valence-electron chi connectivity index (χ1n) is 8.70. The van der Waals surface area contributed by atoms with Crippen molar-refractivity contribution in [2.75, 3.05) is 19.6 Å². The van der Waals surface area contributed by atoms with Crippen LogP contribution in [0.2, 0.25) is 0 Å². The van der Waals surface area contributed by atoms with E-state index in [0.29, 0.717) is 12.3 Å². The summed E-state index contributed by atoms with van der Waals surface area (Å²) in [7, 11) is 1.87. The SMILES string of the molecule is Cn1ccc(CC(=O)NCC2CCN(Cc3ccccc3)CC2)n1. The molecular weight excluding hydrogens is 300 g/mol. The lowest BCUT2D eigenvalue weighted by molar-refractivity contribution is -0.120. The van der Waals surface area contributed by atoms with E-state index in [0.717, 1.165) is 44.7 Å². The molecule has 0 spiro atoms. The Labute approximate surface area is 143 Å². The monoisotopic (exact) mass is 326 g/mol. The van der Waals surface area contributed by atoms with Crippen LogP contribution in [0.25, 0.3) is 0 Å². The van der Waals surface area contributed by atoms with Crippen LogP contribution in [-0.4, -0.2) is 40.2 Å². The summed E-state index contributed by atoms with van der Waals surface area (Å²) in [6.45, 7) is 4.02. The molecule has 0 radical (unpaired) electrons. The van der Waals surface area contributed by atoms with E-state index in [-0.39, 0.29) is 5.91 Å². The first-order chi connectivity index (χ1) is 11.7. The average molecular weight is 326 g/mol. The number of carbonyl (C=O) groups excluding carboxylic acids is 1. The van der Waals surface area contributed by atoms with Gasteiger partial charge in [-0.05, 0) is 43.5 Å². The van der Waals surface area contributed by atoms with Crippen molar-refractivity contribution in [3.63, 3.8) is 0 Å². The van der Waals surface area contributed by atoms with Crippen LogP contribution >= 0.6 is 0 Å². The third kappa shape index (κ3) is 4.93. The van der Waals surface area contributed by atoms with Crippen molar-refractivity contribution in [1.82, 2.24) is 20.0 Å². The van der Waals surface area contributed by atoms with Crippen LogP contribution in [0, 0.1) is 5.92 Å². The van der Waals surface area contributed by atoms with E-state index < -0.39 is 0 Å². The van der Waals surface area contributed by atoms with Gasteiger partial charge in [-0.3, -0.25) is 14.4 Å². The molecule has 5 heteroatoms. The Hall–Kier alpha value is -2.14. The van der Waals surface area contributed by atoms with E-state index in [1.54, 1.807) is 4.68 Å². The number of carbonyl (C=O) groups is 1. The molecule has 128 valence electrons. The molecule has 0 saturated carbocycles. The van der Waals surface area contributed by atoms with Crippen molar-refractivity contribution in [2.45, 2.75) is 25.8 Å². The van der Waals surface area contributed by atoms with Crippen LogP contribution in [0.4, 0.5) is 0 Å². The lowest BCUT2D eigenvalue weighted by Gasteiger charge is -2.32. The van der Waals surface area contributed by atoms with Gasteiger partial charge in [0.2, 0.25) is 5.91 Å². The average Bonchev–Trinajstić information content (AvgIpc) is 3.00.